The summed E-state index contributed by atoms with van der Waals surface area (Å²) in [4.78, 5) is 23.2. The van der Waals surface area contributed by atoms with Crippen LogP contribution in [0.3, 0.4) is 0 Å². The van der Waals surface area contributed by atoms with Crippen LogP contribution in [0.15, 0.2) is 10.2 Å². The molecule has 0 unspecified atom stereocenters. The van der Waals surface area contributed by atoms with Gasteiger partial charge in [-0.05, 0) is 41.1 Å². The quantitative estimate of drug-likeness (QED) is 0.355. The molecule has 0 aromatic carbocycles. The molecule has 0 aromatic rings. The highest BCUT2D eigenvalue weighted by Gasteiger charge is 2.31. The van der Waals surface area contributed by atoms with E-state index in [0.717, 1.165) is 32.1 Å². The van der Waals surface area contributed by atoms with Crippen LogP contribution in [0.5, 0.6) is 0 Å². The molecule has 5 heteroatoms. The molecule has 0 aromatic heterocycles. The first kappa shape index (κ1) is 23.4. The van der Waals surface area contributed by atoms with Crippen LogP contribution in [0.4, 0.5) is 0 Å². The molecule has 0 rings (SSSR count). The Hall–Kier alpha value is -0.590. The molecule has 140 valence electrons. The van der Waals surface area contributed by atoms with E-state index in [1.807, 2.05) is 11.0 Å². The normalized spacial score (nSPS) is 15.9. The van der Waals surface area contributed by atoms with Gasteiger partial charge in [-0.15, -0.1) is 0 Å². The maximum atomic E-state index is 12.4. The second kappa shape index (κ2) is 11.9. The minimum atomic E-state index is -0.254. The summed E-state index contributed by atoms with van der Waals surface area (Å²) in [6.07, 6.45) is 6.60. The fraction of sp³-hybridized carbons (Fsp3) is 0.789. The first-order valence-electron chi connectivity index (χ1n) is 8.82. The zero-order valence-electron chi connectivity index (χ0n) is 15.8. The summed E-state index contributed by atoms with van der Waals surface area (Å²) in [6.45, 7) is 10.4. The van der Waals surface area contributed by atoms with Crippen molar-refractivity contribution in [2.45, 2.75) is 79.2 Å². The topological polar surface area (TPSA) is 69.4 Å². The zero-order valence-corrected chi connectivity index (χ0v) is 18.0. The van der Waals surface area contributed by atoms with Gasteiger partial charge in [0.15, 0.2) is 0 Å². The van der Waals surface area contributed by atoms with E-state index in [1.165, 1.54) is 0 Å². The van der Waals surface area contributed by atoms with E-state index in [1.54, 1.807) is 0 Å². The highest BCUT2D eigenvalue weighted by molar-refractivity contribution is 14.1. The van der Waals surface area contributed by atoms with Gasteiger partial charge in [-0.1, -0.05) is 69.7 Å². The van der Waals surface area contributed by atoms with Crippen molar-refractivity contribution in [2.75, 3.05) is 0 Å². The lowest BCUT2D eigenvalue weighted by Gasteiger charge is -2.33. The molecule has 0 fully saturated rings. The molecule has 0 saturated heterocycles. The predicted octanol–water partition coefficient (Wildman–Crippen LogP) is 4.99. The van der Waals surface area contributed by atoms with Gasteiger partial charge in [-0.2, -0.15) is 0 Å². The molecule has 3 atom stereocenters. The molecule has 0 bridgehead atoms. The Kier molecular flexibility index (Phi) is 11.6. The van der Waals surface area contributed by atoms with Gasteiger partial charge in [-0.3, -0.25) is 9.59 Å². The molecule has 0 aliphatic heterocycles. The average molecular weight is 451 g/mol. The second-order valence-electron chi connectivity index (χ2n) is 7.83. The number of esters is 1. The second-order valence-corrected chi connectivity index (χ2v) is 8.55. The van der Waals surface area contributed by atoms with E-state index in [-0.39, 0.29) is 29.3 Å². The van der Waals surface area contributed by atoms with Crippen molar-refractivity contribution in [1.29, 1.82) is 0 Å². The summed E-state index contributed by atoms with van der Waals surface area (Å²) in [5.41, 5.74) is 5.08. The molecule has 0 saturated carbocycles. The maximum Gasteiger partial charge on any atom is 0.308 e. The number of primary amides is 1. The third-order valence-corrected chi connectivity index (χ3v) is 4.73. The third-order valence-electron chi connectivity index (χ3n) is 4.22. The lowest BCUT2D eigenvalue weighted by atomic mass is 9.82. The Morgan fingerprint density at radius 3 is 2.33 bits per heavy atom. The van der Waals surface area contributed by atoms with Gasteiger partial charge in [0.05, 0.1) is 5.92 Å². The van der Waals surface area contributed by atoms with Crippen LogP contribution in [0.1, 0.15) is 73.1 Å². The van der Waals surface area contributed by atoms with Crippen LogP contribution in [-0.4, -0.2) is 18.0 Å². The van der Waals surface area contributed by atoms with Crippen molar-refractivity contribution < 1.29 is 14.3 Å². The molecule has 2 N–H and O–H groups in total. The molecule has 0 heterocycles. The summed E-state index contributed by atoms with van der Waals surface area (Å²) < 4.78 is 7.82. The standard InChI is InChI=1S/C19H34INO3/c1-14(9-8-11-17(21)22)13-16(19(3,4)5)24-18(23)15(2)10-6-7-12-20/h7,12,14-16H,6,8-11,13H2,1-5H3,(H2,21,22)/b12-7+/t14-,15-,16-/m1/s1. The fourth-order valence-corrected chi connectivity index (χ4v) is 2.83. The molecule has 0 spiro atoms. The van der Waals surface area contributed by atoms with Crippen LogP contribution in [0.2, 0.25) is 0 Å². The maximum absolute atomic E-state index is 12.4. The van der Waals surface area contributed by atoms with Crippen molar-refractivity contribution in [3.63, 3.8) is 0 Å². The highest BCUT2D eigenvalue weighted by Crippen LogP contribution is 2.30. The summed E-state index contributed by atoms with van der Waals surface area (Å²) in [5, 5.41) is 0. The first-order valence-corrected chi connectivity index (χ1v) is 10.1. The minimum Gasteiger partial charge on any atom is -0.462 e. The summed E-state index contributed by atoms with van der Waals surface area (Å²) in [7, 11) is 0. The molecule has 24 heavy (non-hydrogen) atoms. The van der Waals surface area contributed by atoms with Gasteiger partial charge >= 0.3 is 5.97 Å². The molecule has 4 nitrogen and oxygen atoms in total. The van der Waals surface area contributed by atoms with Crippen LogP contribution in [0.25, 0.3) is 0 Å². The van der Waals surface area contributed by atoms with E-state index >= 15 is 0 Å². The van der Waals surface area contributed by atoms with Crippen molar-refractivity contribution >= 4 is 34.5 Å². The number of nitrogens with two attached hydrogens (primary N) is 1. The van der Waals surface area contributed by atoms with Crippen molar-refractivity contribution in [1.82, 2.24) is 0 Å². The molecular weight excluding hydrogens is 417 g/mol. The predicted molar refractivity (Wildman–Crippen MR) is 108 cm³/mol. The highest BCUT2D eigenvalue weighted by atomic mass is 127. The Labute approximate surface area is 161 Å². The van der Waals surface area contributed by atoms with Crippen LogP contribution >= 0.6 is 22.6 Å². The average Bonchev–Trinajstić information content (AvgIpc) is 2.45. The fourth-order valence-electron chi connectivity index (χ4n) is 2.47. The smallest absolute Gasteiger partial charge is 0.308 e. The number of ether oxygens (including phenoxy) is 1. The van der Waals surface area contributed by atoms with Crippen molar-refractivity contribution in [3.05, 3.63) is 10.2 Å². The van der Waals surface area contributed by atoms with Crippen LogP contribution < -0.4 is 5.73 Å². The minimum absolute atomic E-state index is 0.0902. The Morgan fingerprint density at radius 2 is 1.83 bits per heavy atom. The monoisotopic (exact) mass is 451 g/mol. The summed E-state index contributed by atoms with van der Waals surface area (Å²) in [5.74, 6) is -0.0669. The molecule has 0 aliphatic carbocycles. The number of hydrogen-bond donors (Lipinski definition) is 1. The van der Waals surface area contributed by atoms with Crippen molar-refractivity contribution in [3.8, 4) is 0 Å². The molecule has 1 amide bonds. The number of amides is 1. The SMILES string of the molecule is C[C@H](CCCC(N)=O)C[C@@H](OC(=O)[C@H](C)CC/C=C/I)C(C)(C)C. The van der Waals surface area contributed by atoms with E-state index < -0.39 is 0 Å². The molecular formula is C19H34INO3. The number of hydrogen-bond acceptors (Lipinski definition) is 3. The van der Waals surface area contributed by atoms with E-state index in [2.05, 4.69) is 56.4 Å². The zero-order chi connectivity index (χ0) is 18.8. The van der Waals surface area contributed by atoms with E-state index in [0.29, 0.717) is 12.3 Å². The first-order chi connectivity index (χ1) is 11.1. The largest absolute Gasteiger partial charge is 0.462 e. The van der Waals surface area contributed by atoms with Gasteiger partial charge in [-0.25, -0.2) is 0 Å². The number of rotatable bonds is 11. The van der Waals surface area contributed by atoms with Crippen molar-refractivity contribution in [2.24, 2.45) is 23.0 Å². The number of carbonyl (C=O) groups excluding carboxylic acids is 2. The van der Waals surface area contributed by atoms with E-state index in [4.69, 9.17) is 10.5 Å². The Balaban J connectivity index is 4.56. The van der Waals surface area contributed by atoms with Crippen LogP contribution in [0, 0.1) is 17.3 Å². The summed E-state index contributed by atoms with van der Waals surface area (Å²) in [6, 6.07) is 0. The van der Waals surface area contributed by atoms with Crippen LogP contribution in [-0.2, 0) is 14.3 Å². The number of halogens is 1. The Bertz CT molecular complexity index is 415. The van der Waals surface area contributed by atoms with Gasteiger partial charge < -0.3 is 10.5 Å². The third kappa shape index (κ3) is 11.0. The summed E-state index contributed by atoms with van der Waals surface area (Å²) >= 11 is 2.18. The van der Waals surface area contributed by atoms with Gasteiger partial charge in [0.1, 0.15) is 6.10 Å². The van der Waals surface area contributed by atoms with Gasteiger partial charge in [0.2, 0.25) is 5.91 Å². The van der Waals surface area contributed by atoms with E-state index in [9.17, 15) is 9.59 Å². The number of carbonyl (C=O) groups is 2. The van der Waals surface area contributed by atoms with Gasteiger partial charge in [0, 0.05) is 6.42 Å². The molecule has 0 radical (unpaired) electrons. The lowest BCUT2D eigenvalue weighted by Crippen LogP contribution is -2.35. The van der Waals surface area contributed by atoms with Gasteiger partial charge in [0.25, 0.3) is 0 Å². The number of allylic oxidation sites excluding steroid dienone is 1. The molecule has 0 aliphatic rings. The lowest BCUT2D eigenvalue weighted by molar-refractivity contribution is -0.160. The Morgan fingerprint density at radius 1 is 1.21 bits per heavy atom.